The summed E-state index contributed by atoms with van der Waals surface area (Å²) in [5.41, 5.74) is 1.04. The van der Waals surface area contributed by atoms with Gasteiger partial charge in [0.25, 0.3) is 5.91 Å². The number of nitrogens with zero attached hydrogens (tertiary/aromatic N) is 1. The second kappa shape index (κ2) is 3.79. The third-order valence-electron chi connectivity index (χ3n) is 2.42. The number of hydrogen-bond acceptors (Lipinski definition) is 2. The quantitative estimate of drug-likeness (QED) is 0.788. The molecule has 0 spiro atoms. The summed E-state index contributed by atoms with van der Waals surface area (Å²) in [6.45, 7) is 3.85. The van der Waals surface area contributed by atoms with E-state index in [2.05, 4.69) is 22.5 Å². The van der Waals surface area contributed by atoms with Gasteiger partial charge in [-0.2, -0.15) is 0 Å². The first-order chi connectivity index (χ1) is 7.09. The highest BCUT2D eigenvalue weighted by Gasteiger charge is 2.32. The molecule has 15 heavy (non-hydrogen) atoms. The number of aliphatic hydroxyl groups excluding tert-OH is 1. The molecule has 1 atom stereocenters. The van der Waals surface area contributed by atoms with Crippen LogP contribution in [0.3, 0.4) is 0 Å². The molecule has 78 valence electrons. The molecule has 4 heteroatoms. The molecule has 1 aliphatic rings. The first kappa shape index (κ1) is 10.4. The summed E-state index contributed by atoms with van der Waals surface area (Å²) in [6.07, 6.45) is -0.749. The number of rotatable bonds is 1. The zero-order valence-corrected chi connectivity index (χ0v) is 9.57. The van der Waals surface area contributed by atoms with Gasteiger partial charge in [0.2, 0.25) is 0 Å². The molecule has 1 saturated heterocycles. The highest BCUT2D eigenvalue weighted by molar-refractivity contribution is 9.10. The van der Waals surface area contributed by atoms with E-state index in [-0.39, 0.29) is 11.5 Å². The molecule has 1 aliphatic heterocycles. The van der Waals surface area contributed by atoms with Crippen LogP contribution in [-0.2, 0) is 4.79 Å². The highest BCUT2D eigenvalue weighted by Crippen LogP contribution is 2.25. The zero-order chi connectivity index (χ0) is 11.0. The van der Waals surface area contributed by atoms with Gasteiger partial charge in [0.05, 0.1) is 6.54 Å². The van der Waals surface area contributed by atoms with Crippen molar-refractivity contribution >= 4 is 27.5 Å². The van der Waals surface area contributed by atoms with Gasteiger partial charge in [0.15, 0.2) is 0 Å². The Hall–Kier alpha value is -1.13. The van der Waals surface area contributed by atoms with Crippen molar-refractivity contribution in [3.63, 3.8) is 0 Å². The van der Waals surface area contributed by atoms with E-state index in [1.54, 1.807) is 0 Å². The predicted octanol–water partition coefficient (Wildman–Crippen LogP) is 1.71. The molecule has 0 bridgehead atoms. The lowest BCUT2D eigenvalue weighted by molar-refractivity contribution is -0.114. The standard InChI is InChI=1S/C11H10BrNO2/c1-7-10(14)6-13(11(7)15)9-4-2-8(12)3-5-9/h2-5,10,14H,1,6H2/t10-/m0/s1. The molecule has 0 radical (unpaired) electrons. The van der Waals surface area contributed by atoms with Gasteiger partial charge in [0, 0.05) is 15.7 Å². The van der Waals surface area contributed by atoms with Crippen LogP contribution in [0, 0.1) is 0 Å². The van der Waals surface area contributed by atoms with Gasteiger partial charge in [-0.1, -0.05) is 22.5 Å². The maximum absolute atomic E-state index is 11.7. The number of hydrogen-bond donors (Lipinski definition) is 1. The average molecular weight is 268 g/mol. The Morgan fingerprint density at radius 3 is 2.47 bits per heavy atom. The van der Waals surface area contributed by atoms with Crippen LogP contribution in [0.1, 0.15) is 0 Å². The number of amides is 1. The van der Waals surface area contributed by atoms with Gasteiger partial charge in [0.1, 0.15) is 6.10 Å². The fourth-order valence-electron chi connectivity index (χ4n) is 1.53. The second-order valence-electron chi connectivity index (χ2n) is 3.43. The predicted molar refractivity (Wildman–Crippen MR) is 61.6 cm³/mol. The molecule has 1 aromatic carbocycles. The lowest BCUT2D eigenvalue weighted by atomic mass is 10.2. The number of β-amino-alcohol motifs (C(OH)–C–C–N with tert-alkyl or cyclic N) is 1. The maximum Gasteiger partial charge on any atom is 0.256 e. The van der Waals surface area contributed by atoms with Gasteiger partial charge in [-0.3, -0.25) is 4.79 Å². The van der Waals surface area contributed by atoms with Crippen molar-refractivity contribution in [3.8, 4) is 0 Å². The van der Waals surface area contributed by atoms with Crippen molar-refractivity contribution in [1.29, 1.82) is 0 Å². The summed E-state index contributed by atoms with van der Waals surface area (Å²) in [5, 5.41) is 9.48. The van der Waals surface area contributed by atoms with Crippen LogP contribution in [0.5, 0.6) is 0 Å². The van der Waals surface area contributed by atoms with E-state index in [0.717, 1.165) is 10.2 Å². The first-order valence-corrected chi connectivity index (χ1v) is 5.33. The van der Waals surface area contributed by atoms with E-state index in [1.165, 1.54) is 4.90 Å². The van der Waals surface area contributed by atoms with Crippen LogP contribution in [0.25, 0.3) is 0 Å². The Morgan fingerprint density at radius 2 is 2.00 bits per heavy atom. The minimum Gasteiger partial charge on any atom is -0.386 e. The number of aliphatic hydroxyl groups is 1. The van der Waals surface area contributed by atoms with Crippen molar-refractivity contribution in [2.24, 2.45) is 0 Å². The van der Waals surface area contributed by atoms with Crippen molar-refractivity contribution < 1.29 is 9.90 Å². The van der Waals surface area contributed by atoms with Gasteiger partial charge in [-0.25, -0.2) is 0 Å². The molecule has 0 aliphatic carbocycles. The van der Waals surface area contributed by atoms with E-state index >= 15 is 0 Å². The van der Waals surface area contributed by atoms with E-state index in [0.29, 0.717) is 6.54 Å². The van der Waals surface area contributed by atoms with Crippen LogP contribution >= 0.6 is 15.9 Å². The summed E-state index contributed by atoms with van der Waals surface area (Å²) in [6, 6.07) is 7.37. The largest absolute Gasteiger partial charge is 0.386 e. The summed E-state index contributed by atoms with van der Waals surface area (Å²) in [4.78, 5) is 13.2. The molecule has 1 amide bonds. The summed E-state index contributed by atoms with van der Waals surface area (Å²) < 4.78 is 0.956. The van der Waals surface area contributed by atoms with E-state index < -0.39 is 6.10 Å². The maximum atomic E-state index is 11.7. The van der Waals surface area contributed by atoms with Crippen molar-refractivity contribution in [1.82, 2.24) is 0 Å². The summed E-state index contributed by atoms with van der Waals surface area (Å²) in [7, 11) is 0. The molecule has 0 saturated carbocycles. The monoisotopic (exact) mass is 267 g/mol. The number of anilines is 1. The fourth-order valence-corrected chi connectivity index (χ4v) is 1.79. The SMILES string of the molecule is C=C1C(=O)N(c2ccc(Br)cc2)C[C@@H]1O. The molecule has 1 heterocycles. The molecule has 3 nitrogen and oxygen atoms in total. The number of carbonyl (C=O) groups excluding carboxylic acids is 1. The van der Waals surface area contributed by atoms with Gasteiger partial charge in [-0.15, -0.1) is 0 Å². The lowest BCUT2D eigenvalue weighted by Crippen LogP contribution is -2.25. The molecule has 1 aromatic rings. The highest BCUT2D eigenvalue weighted by atomic mass is 79.9. The Balaban J connectivity index is 2.29. The smallest absolute Gasteiger partial charge is 0.256 e. The van der Waals surface area contributed by atoms with Crippen LogP contribution in [-0.4, -0.2) is 23.7 Å². The van der Waals surface area contributed by atoms with E-state index in [4.69, 9.17) is 0 Å². The van der Waals surface area contributed by atoms with Crippen molar-refractivity contribution in [2.45, 2.75) is 6.10 Å². The molecular weight excluding hydrogens is 258 g/mol. The summed E-state index contributed by atoms with van der Waals surface area (Å²) in [5.74, 6) is -0.204. The number of halogens is 1. The van der Waals surface area contributed by atoms with Crippen molar-refractivity contribution in [3.05, 3.63) is 40.9 Å². The minimum absolute atomic E-state index is 0.204. The molecular formula is C11H10BrNO2. The third-order valence-corrected chi connectivity index (χ3v) is 2.94. The normalized spacial score (nSPS) is 21.2. The average Bonchev–Trinajstić information content (AvgIpc) is 2.47. The van der Waals surface area contributed by atoms with Gasteiger partial charge < -0.3 is 10.0 Å². The Bertz CT molecular complexity index is 413. The van der Waals surface area contributed by atoms with E-state index in [9.17, 15) is 9.90 Å². The third kappa shape index (κ3) is 1.82. The van der Waals surface area contributed by atoms with Crippen LogP contribution in [0.2, 0.25) is 0 Å². The molecule has 0 aromatic heterocycles. The minimum atomic E-state index is -0.749. The first-order valence-electron chi connectivity index (χ1n) is 4.54. The van der Waals surface area contributed by atoms with Gasteiger partial charge >= 0.3 is 0 Å². The zero-order valence-electron chi connectivity index (χ0n) is 7.98. The second-order valence-corrected chi connectivity index (χ2v) is 4.35. The lowest BCUT2D eigenvalue weighted by Gasteiger charge is -2.15. The fraction of sp³-hybridized carbons (Fsp3) is 0.182. The Kier molecular flexibility index (Phi) is 2.63. The van der Waals surface area contributed by atoms with Crippen LogP contribution in [0.15, 0.2) is 40.9 Å². The Labute approximate surface area is 96.1 Å². The van der Waals surface area contributed by atoms with Crippen molar-refractivity contribution in [2.75, 3.05) is 11.4 Å². The van der Waals surface area contributed by atoms with Crippen LogP contribution in [0.4, 0.5) is 5.69 Å². The number of benzene rings is 1. The van der Waals surface area contributed by atoms with Crippen LogP contribution < -0.4 is 4.90 Å². The number of carbonyl (C=O) groups is 1. The van der Waals surface area contributed by atoms with E-state index in [1.807, 2.05) is 24.3 Å². The topological polar surface area (TPSA) is 40.5 Å². The van der Waals surface area contributed by atoms with Gasteiger partial charge in [-0.05, 0) is 24.3 Å². The Morgan fingerprint density at radius 1 is 1.40 bits per heavy atom. The summed E-state index contributed by atoms with van der Waals surface area (Å²) >= 11 is 3.32. The molecule has 2 rings (SSSR count). The molecule has 1 fully saturated rings. The molecule has 0 unspecified atom stereocenters. The molecule has 1 N–H and O–H groups in total.